The molecule has 1 atom stereocenters. The zero-order valence-corrected chi connectivity index (χ0v) is 10.8. The van der Waals surface area contributed by atoms with Crippen molar-refractivity contribution < 1.29 is 4.21 Å². The first-order valence-electron chi connectivity index (χ1n) is 5.41. The molecule has 0 aliphatic heterocycles. The van der Waals surface area contributed by atoms with Crippen LogP contribution in [0.3, 0.4) is 0 Å². The molecule has 0 radical (unpaired) electrons. The number of imidazole rings is 1. The molecule has 0 amide bonds. The minimum absolute atomic E-state index is 0.312. The average molecular weight is 271 g/mol. The number of halogens is 1. The molecule has 1 aliphatic carbocycles. The standard InChI is InChI=1S/C10H11ClN4OS/c1-17(16)10-12-5-7-8(11)13-9(15(7)14-10)6-3-2-4-6/h5-6H,2-4H2,1H3. The van der Waals surface area contributed by atoms with Crippen LogP contribution < -0.4 is 0 Å². The minimum Gasteiger partial charge on any atom is -0.251 e. The van der Waals surface area contributed by atoms with Crippen LogP contribution in [0.4, 0.5) is 0 Å². The van der Waals surface area contributed by atoms with Gasteiger partial charge in [-0.05, 0) is 12.8 Å². The Hall–Kier alpha value is -1.01. The summed E-state index contributed by atoms with van der Waals surface area (Å²) in [5.74, 6) is 1.29. The lowest BCUT2D eigenvalue weighted by Crippen LogP contribution is -2.14. The Balaban J connectivity index is 2.20. The van der Waals surface area contributed by atoms with Crippen molar-refractivity contribution >= 4 is 27.9 Å². The third-order valence-corrected chi connectivity index (χ3v) is 4.06. The SMILES string of the molecule is CS(=O)c1ncc2c(Cl)nc(C3CCC3)n2n1. The highest BCUT2D eigenvalue weighted by Crippen LogP contribution is 2.36. The van der Waals surface area contributed by atoms with E-state index in [0.29, 0.717) is 21.7 Å². The Kier molecular flexibility index (Phi) is 2.63. The molecule has 0 aromatic carbocycles. The van der Waals surface area contributed by atoms with E-state index in [9.17, 15) is 4.21 Å². The molecule has 2 aromatic heterocycles. The molecule has 1 fully saturated rings. The molecule has 1 unspecified atom stereocenters. The summed E-state index contributed by atoms with van der Waals surface area (Å²) in [6.45, 7) is 0. The summed E-state index contributed by atoms with van der Waals surface area (Å²) < 4.78 is 13.1. The van der Waals surface area contributed by atoms with Crippen LogP contribution in [0.5, 0.6) is 0 Å². The van der Waals surface area contributed by atoms with E-state index in [1.165, 1.54) is 6.42 Å². The molecule has 1 saturated carbocycles. The van der Waals surface area contributed by atoms with Gasteiger partial charge in [-0.1, -0.05) is 18.0 Å². The Bertz CT molecular complexity index is 608. The van der Waals surface area contributed by atoms with Crippen molar-refractivity contribution in [2.24, 2.45) is 0 Å². The first-order chi connectivity index (χ1) is 8.16. The second kappa shape index (κ2) is 4.03. The second-order valence-electron chi connectivity index (χ2n) is 4.18. The van der Waals surface area contributed by atoms with Gasteiger partial charge in [-0.25, -0.2) is 14.5 Å². The molecule has 0 bridgehead atoms. The number of fused-ring (bicyclic) bond motifs is 1. The molecule has 5 nitrogen and oxygen atoms in total. The van der Waals surface area contributed by atoms with Gasteiger partial charge in [-0.15, -0.1) is 5.10 Å². The van der Waals surface area contributed by atoms with E-state index >= 15 is 0 Å². The third-order valence-electron chi connectivity index (χ3n) is 3.08. The van der Waals surface area contributed by atoms with Crippen molar-refractivity contribution in [1.82, 2.24) is 19.6 Å². The van der Waals surface area contributed by atoms with Gasteiger partial charge in [0.05, 0.1) is 17.0 Å². The quantitative estimate of drug-likeness (QED) is 0.835. The summed E-state index contributed by atoms with van der Waals surface area (Å²) in [7, 11) is -1.20. The molecular weight excluding hydrogens is 260 g/mol. The molecule has 7 heteroatoms. The number of aromatic nitrogens is 4. The Morgan fingerprint density at radius 2 is 2.29 bits per heavy atom. The van der Waals surface area contributed by atoms with Crippen LogP contribution in [-0.4, -0.2) is 30.0 Å². The average Bonchev–Trinajstić information content (AvgIpc) is 2.54. The molecular formula is C10H11ClN4OS. The van der Waals surface area contributed by atoms with Gasteiger partial charge in [0, 0.05) is 12.2 Å². The highest BCUT2D eigenvalue weighted by molar-refractivity contribution is 7.84. The maximum Gasteiger partial charge on any atom is 0.237 e. The largest absolute Gasteiger partial charge is 0.251 e. The molecule has 3 rings (SSSR count). The van der Waals surface area contributed by atoms with E-state index < -0.39 is 10.8 Å². The molecule has 90 valence electrons. The van der Waals surface area contributed by atoms with E-state index in [-0.39, 0.29) is 0 Å². The number of rotatable bonds is 2. The lowest BCUT2D eigenvalue weighted by molar-refractivity contribution is 0.394. The summed E-state index contributed by atoms with van der Waals surface area (Å²) >= 11 is 6.05. The molecule has 0 spiro atoms. The fraction of sp³-hybridized carbons (Fsp3) is 0.500. The fourth-order valence-corrected chi connectivity index (χ4v) is 2.53. The predicted octanol–water partition coefficient (Wildman–Crippen LogP) is 1.78. The Morgan fingerprint density at radius 1 is 1.53 bits per heavy atom. The van der Waals surface area contributed by atoms with Gasteiger partial charge in [0.1, 0.15) is 11.3 Å². The van der Waals surface area contributed by atoms with E-state index in [0.717, 1.165) is 18.7 Å². The van der Waals surface area contributed by atoms with Gasteiger partial charge in [0.25, 0.3) is 0 Å². The highest BCUT2D eigenvalue weighted by atomic mass is 35.5. The molecule has 1 aliphatic rings. The van der Waals surface area contributed by atoms with Gasteiger partial charge < -0.3 is 0 Å². The van der Waals surface area contributed by atoms with Crippen molar-refractivity contribution in [3.63, 3.8) is 0 Å². The monoisotopic (exact) mass is 270 g/mol. The summed E-state index contributed by atoms with van der Waals surface area (Å²) in [6.07, 6.45) is 6.59. The molecule has 2 aromatic rings. The van der Waals surface area contributed by atoms with Crippen molar-refractivity contribution in [3.8, 4) is 0 Å². The number of hydrogen-bond acceptors (Lipinski definition) is 4. The second-order valence-corrected chi connectivity index (χ2v) is 5.81. The Morgan fingerprint density at radius 3 is 2.88 bits per heavy atom. The van der Waals surface area contributed by atoms with E-state index in [1.807, 2.05) is 0 Å². The normalized spacial score (nSPS) is 18.2. The Labute approximate surface area is 106 Å². The predicted molar refractivity (Wildman–Crippen MR) is 64.7 cm³/mol. The maximum absolute atomic E-state index is 11.4. The zero-order valence-electron chi connectivity index (χ0n) is 9.26. The maximum atomic E-state index is 11.4. The molecule has 17 heavy (non-hydrogen) atoms. The zero-order chi connectivity index (χ0) is 12.0. The van der Waals surface area contributed by atoms with E-state index in [4.69, 9.17) is 11.6 Å². The summed E-state index contributed by atoms with van der Waals surface area (Å²) in [6, 6.07) is 0. The van der Waals surface area contributed by atoms with Gasteiger partial charge >= 0.3 is 0 Å². The van der Waals surface area contributed by atoms with E-state index in [2.05, 4.69) is 15.1 Å². The van der Waals surface area contributed by atoms with Gasteiger partial charge in [0.2, 0.25) is 5.16 Å². The van der Waals surface area contributed by atoms with Crippen molar-refractivity contribution in [3.05, 3.63) is 17.2 Å². The lowest BCUT2D eigenvalue weighted by atomic mass is 9.85. The van der Waals surface area contributed by atoms with Crippen molar-refractivity contribution in [2.45, 2.75) is 30.3 Å². The third kappa shape index (κ3) is 1.75. The summed E-state index contributed by atoms with van der Waals surface area (Å²) in [4.78, 5) is 8.37. The van der Waals surface area contributed by atoms with Gasteiger partial charge in [-0.3, -0.25) is 4.21 Å². The fourth-order valence-electron chi connectivity index (χ4n) is 1.92. The smallest absolute Gasteiger partial charge is 0.237 e. The number of nitrogens with zero attached hydrogens (tertiary/aromatic N) is 4. The van der Waals surface area contributed by atoms with Gasteiger partial charge in [-0.2, -0.15) is 0 Å². The summed E-state index contributed by atoms with van der Waals surface area (Å²) in [5, 5.41) is 4.99. The van der Waals surface area contributed by atoms with Crippen molar-refractivity contribution in [2.75, 3.05) is 6.26 Å². The minimum atomic E-state index is -1.20. The van der Waals surface area contributed by atoms with Crippen LogP contribution >= 0.6 is 11.6 Å². The highest BCUT2D eigenvalue weighted by Gasteiger charge is 2.26. The van der Waals surface area contributed by atoms with Crippen molar-refractivity contribution in [1.29, 1.82) is 0 Å². The van der Waals surface area contributed by atoms with E-state index in [1.54, 1.807) is 17.0 Å². The van der Waals surface area contributed by atoms with Crippen LogP contribution in [0.15, 0.2) is 11.4 Å². The first kappa shape index (κ1) is 11.1. The summed E-state index contributed by atoms with van der Waals surface area (Å²) in [5.41, 5.74) is 0.683. The topological polar surface area (TPSA) is 60.2 Å². The van der Waals surface area contributed by atoms with Gasteiger partial charge in [0.15, 0.2) is 5.15 Å². The molecule has 0 saturated heterocycles. The molecule has 2 heterocycles. The first-order valence-corrected chi connectivity index (χ1v) is 7.35. The van der Waals surface area contributed by atoms with Crippen LogP contribution in [0.2, 0.25) is 5.15 Å². The molecule has 0 N–H and O–H groups in total. The van der Waals surface area contributed by atoms with Crippen LogP contribution in [-0.2, 0) is 10.8 Å². The van der Waals surface area contributed by atoms with Crippen LogP contribution in [0, 0.1) is 0 Å². The number of hydrogen-bond donors (Lipinski definition) is 0. The lowest BCUT2D eigenvalue weighted by Gasteiger charge is -2.23. The van der Waals surface area contributed by atoms with Crippen LogP contribution in [0.25, 0.3) is 5.52 Å². The van der Waals surface area contributed by atoms with Crippen LogP contribution in [0.1, 0.15) is 31.0 Å².